The van der Waals surface area contributed by atoms with E-state index in [1.54, 1.807) is 0 Å². The molecule has 0 aliphatic heterocycles. The van der Waals surface area contributed by atoms with Crippen LogP contribution in [0.5, 0.6) is 0 Å². The number of hydrogen-bond donors (Lipinski definition) is 2. The average Bonchev–Trinajstić information content (AvgIpc) is 2.05. The highest BCUT2D eigenvalue weighted by Crippen LogP contribution is 2.30. The number of halogens is 3. The Morgan fingerprint density at radius 3 is 2.27 bits per heavy atom. The Balaban J connectivity index is 3.68. The smallest absolute Gasteiger partial charge is 0.268 e. The molecule has 5 nitrogen and oxygen atoms in total. The molecule has 9 heteroatoms. The van der Waals surface area contributed by atoms with Crippen molar-refractivity contribution in [1.82, 2.24) is 4.98 Å². The molecule has 0 fully saturated rings. The molecule has 1 rings (SSSR count). The van der Waals surface area contributed by atoms with Gasteiger partial charge in [-0.05, 0) is 0 Å². The molecule has 0 aromatic carbocycles. The normalized spacial score (nSPS) is 12.1. The van der Waals surface area contributed by atoms with E-state index in [0.717, 1.165) is 0 Å². The number of rotatable bonds is 2. The molecule has 1 aromatic heterocycles. The van der Waals surface area contributed by atoms with Crippen molar-refractivity contribution in [1.29, 1.82) is 0 Å². The Labute approximate surface area is 83.0 Å². The molecule has 0 bridgehead atoms. The quantitative estimate of drug-likeness (QED) is 0.782. The van der Waals surface area contributed by atoms with Gasteiger partial charge in [-0.25, -0.2) is 31.7 Å². The Bertz CT molecular complexity index is 489. The first-order valence-corrected chi connectivity index (χ1v) is 5.04. The van der Waals surface area contributed by atoms with Gasteiger partial charge in [-0.2, -0.15) is 0 Å². The van der Waals surface area contributed by atoms with Crippen molar-refractivity contribution < 1.29 is 21.6 Å². The van der Waals surface area contributed by atoms with Crippen molar-refractivity contribution in [2.45, 2.75) is 11.3 Å². The maximum atomic E-state index is 12.9. The highest BCUT2D eigenvalue weighted by molar-refractivity contribution is 7.89. The fourth-order valence-electron chi connectivity index (χ4n) is 1.00. The van der Waals surface area contributed by atoms with Crippen LogP contribution in [0.2, 0.25) is 0 Å². The molecule has 15 heavy (non-hydrogen) atoms. The maximum Gasteiger partial charge on any atom is 0.268 e. The van der Waals surface area contributed by atoms with Gasteiger partial charge in [0, 0.05) is 0 Å². The molecule has 0 saturated heterocycles. The van der Waals surface area contributed by atoms with Gasteiger partial charge < -0.3 is 5.73 Å². The number of sulfonamides is 1. The molecule has 0 radical (unpaired) electrons. The SMILES string of the molecule is Nc1ncc(F)c(C(F)F)c1S(N)(=O)=O. The van der Waals surface area contributed by atoms with Crippen LogP contribution in [-0.2, 0) is 10.0 Å². The van der Waals surface area contributed by atoms with Crippen LogP contribution in [0.4, 0.5) is 19.0 Å². The molecule has 0 saturated carbocycles. The van der Waals surface area contributed by atoms with Crippen LogP contribution in [0.1, 0.15) is 12.0 Å². The molecule has 0 amide bonds. The summed E-state index contributed by atoms with van der Waals surface area (Å²) in [6, 6.07) is 0. The third-order valence-corrected chi connectivity index (χ3v) is 2.55. The summed E-state index contributed by atoms with van der Waals surface area (Å²) in [5, 5.41) is 4.62. The van der Waals surface area contributed by atoms with Crippen LogP contribution in [0.3, 0.4) is 0 Å². The van der Waals surface area contributed by atoms with Crippen molar-refractivity contribution in [2.75, 3.05) is 5.73 Å². The van der Waals surface area contributed by atoms with Gasteiger partial charge in [0.15, 0.2) is 5.82 Å². The van der Waals surface area contributed by atoms with E-state index < -0.39 is 38.5 Å². The van der Waals surface area contributed by atoms with Gasteiger partial charge in [0.1, 0.15) is 10.7 Å². The molecule has 0 aliphatic carbocycles. The second kappa shape index (κ2) is 3.66. The maximum absolute atomic E-state index is 12.9. The number of primary sulfonamides is 1. The molecule has 0 atom stereocenters. The van der Waals surface area contributed by atoms with E-state index in [0.29, 0.717) is 6.20 Å². The van der Waals surface area contributed by atoms with E-state index >= 15 is 0 Å². The third kappa shape index (κ3) is 2.18. The van der Waals surface area contributed by atoms with E-state index in [-0.39, 0.29) is 0 Å². The lowest BCUT2D eigenvalue weighted by Gasteiger charge is -2.09. The summed E-state index contributed by atoms with van der Waals surface area (Å²) in [6.45, 7) is 0. The first-order chi connectivity index (χ1) is 6.75. The fourth-order valence-corrected chi connectivity index (χ4v) is 1.84. The summed E-state index contributed by atoms with van der Waals surface area (Å²) in [5.41, 5.74) is 3.69. The van der Waals surface area contributed by atoms with Crippen LogP contribution in [0, 0.1) is 5.82 Å². The number of anilines is 1. The summed E-state index contributed by atoms with van der Waals surface area (Å²) in [4.78, 5) is 1.93. The second-order valence-corrected chi connectivity index (χ2v) is 4.08. The molecule has 1 heterocycles. The minimum absolute atomic E-state index is 0.408. The zero-order valence-electron chi connectivity index (χ0n) is 7.12. The topological polar surface area (TPSA) is 99.1 Å². The van der Waals surface area contributed by atoms with Gasteiger partial charge in [-0.15, -0.1) is 0 Å². The summed E-state index contributed by atoms with van der Waals surface area (Å²) in [5.74, 6) is -2.22. The van der Waals surface area contributed by atoms with Crippen LogP contribution >= 0.6 is 0 Å². The zero-order chi connectivity index (χ0) is 11.8. The van der Waals surface area contributed by atoms with E-state index in [1.165, 1.54) is 0 Å². The molecular formula is C6H6F3N3O2S. The fraction of sp³-hybridized carbons (Fsp3) is 0.167. The first kappa shape index (κ1) is 11.7. The van der Waals surface area contributed by atoms with Gasteiger partial charge in [-0.3, -0.25) is 0 Å². The van der Waals surface area contributed by atoms with Crippen molar-refractivity contribution in [3.05, 3.63) is 17.6 Å². The molecule has 0 unspecified atom stereocenters. The van der Waals surface area contributed by atoms with Crippen LogP contribution in [-0.4, -0.2) is 13.4 Å². The van der Waals surface area contributed by atoms with E-state index in [9.17, 15) is 21.6 Å². The largest absolute Gasteiger partial charge is 0.383 e. The summed E-state index contributed by atoms with van der Waals surface area (Å²) in [6.07, 6.45) is -2.94. The monoisotopic (exact) mass is 241 g/mol. The summed E-state index contributed by atoms with van der Waals surface area (Å²) < 4.78 is 59.4. The number of nitrogens with two attached hydrogens (primary N) is 2. The number of hydrogen-bond acceptors (Lipinski definition) is 4. The molecule has 0 aliphatic rings. The molecule has 84 valence electrons. The van der Waals surface area contributed by atoms with Gasteiger partial charge in [-0.1, -0.05) is 0 Å². The number of aromatic nitrogens is 1. The van der Waals surface area contributed by atoms with Crippen molar-refractivity contribution in [3.8, 4) is 0 Å². The van der Waals surface area contributed by atoms with Gasteiger partial charge in [0.2, 0.25) is 10.0 Å². The minimum atomic E-state index is -4.54. The summed E-state index contributed by atoms with van der Waals surface area (Å²) in [7, 11) is -4.54. The van der Waals surface area contributed by atoms with Gasteiger partial charge in [0.25, 0.3) is 6.43 Å². The van der Waals surface area contributed by atoms with Crippen LogP contribution in [0.15, 0.2) is 11.1 Å². The predicted molar refractivity (Wildman–Crippen MR) is 44.9 cm³/mol. The Hall–Kier alpha value is -1.35. The van der Waals surface area contributed by atoms with E-state index in [1.807, 2.05) is 0 Å². The predicted octanol–water partition coefficient (Wildman–Crippen LogP) is 0.388. The lowest BCUT2D eigenvalue weighted by Crippen LogP contribution is -2.19. The molecule has 0 spiro atoms. The average molecular weight is 241 g/mol. The van der Waals surface area contributed by atoms with Crippen LogP contribution in [0.25, 0.3) is 0 Å². The molecular weight excluding hydrogens is 235 g/mol. The van der Waals surface area contributed by atoms with Gasteiger partial charge >= 0.3 is 0 Å². The first-order valence-electron chi connectivity index (χ1n) is 3.50. The standard InChI is InChI=1S/C6H6F3N3O2S/c7-2-1-12-6(10)4(15(11,13)14)3(2)5(8)9/h1,5H,(H2,10,12)(H2,11,13,14). The highest BCUT2D eigenvalue weighted by Gasteiger charge is 2.28. The Kier molecular flexibility index (Phi) is 2.86. The number of nitrogen functional groups attached to an aromatic ring is 1. The molecule has 4 N–H and O–H groups in total. The lowest BCUT2D eigenvalue weighted by atomic mass is 10.2. The Morgan fingerprint density at radius 1 is 1.40 bits per heavy atom. The molecule has 1 aromatic rings. The second-order valence-electron chi connectivity index (χ2n) is 2.58. The van der Waals surface area contributed by atoms with E-state index in [4.69, 9.17) is 5.73 Å². The summed E-state index contributed by atoms with van der Waals surface area (Å²) >= 11 is 0. The minimum Gasteiger partial charge on any atom is -0.383 e. The lowest BCUT2D eigenvalue weighted by molar-refractivity contribution is 0.142. The number of alkyl halides is 2. The van der Waals surface area contributed by atoms with Crippen molar-refractivity contribution in [3.63, 3.8) is 0 Å². The number of pyridine rings is 1. The van der Waals surface area contributed by atoms with Crippen molar-refractivity contribution >= 4 is 15.8 Å². The highest BCUT2D eigenvalue weighted by atomic mass is 32.2. The third-order valence-electron chi connectivity index (χ3n) is 1.55. The van der Waals surface area contributed by atoms with E-state index in [2.05, 4.69) is 10.1 Å². The van der Waals surface area contributed by atoms with Gasteiger partial charge in [0.05, 0.1) is 11.8 Å². The Morgan fingerprint density at radius 2 is 1.93 bits per heavy atom. The van der Waals surface area contributed by atoms with Crippen LogP contribution < -0.4 is 10.9 Å². The number of nitrogens with zero attached hydrogens (tertiary/aromatic N) is 1. The van der Waals surface area contributed by atoms with Crippen molar-refractivity contribution in [2.24, 2.45) is 5.14 Å². The zero-order valence-corrected chi connectivity index (χ0v) is 7.93.